The van der Waals surface area contributed by atoms with Gasteiger partial charge in [0, 0.05) is 24.5 Å². The number of carbonyl (C=O) groups excluding carboxylic acids is 1. The van der Waals surface area contributed by atoms with Crippen LogP contribution in [0.3, 0.4) is 0 Å². The molecule has 0 unspecified atom stereocenters. The fourth-order valence-corrected chi connectivity index (χ4v) is 5.15. The highest BCUT2D eigenvalue weighted by molar-refractivity contribution is 7.07. The number of para-hydroxylation sites is 1. The van der Waals surface area contributed by atoms with Crippen LogP contribution in [-0.2, 0) is 11.8 Å². The summed E-state index contributed by atoms with van der Waals surface area (Å²) in [5, 5.41) is 7.13. The molecule has 2 aromatic heterocycles. The predicted octanol–water partition coefficient (Wildman–Crippen LogP) is 2.62. The summed E-state index contributed by atoms with van der Waals surface area (Å²) in [5.41, 5.74) is 3.04. The Morgan fingerprint density at radius 3 is 2.54 bits per heavy atom. The van der Waals surface area contributed by atoms with Gasteiger partial charge in [-0.25, -0.2) is 4.99 Å². The molecule has 0 saturated carbocycles. The van der Waals surface area contributed by atoms with E-state index in [-0.39, 0.29) is 11.5 Å². The molecule has 1 aliphatic rings. The van der Waals surface area contributed by atoms with Crippen molar-refractivity contribution in [2.75, 3.05) is 12.4 Å². The Bertz CT molecular complexity index is 1610. The maximum absolute atomic E-state index is 13.6. The van der Waals surface area contributed by atoms with Gasteiger partial charge in [0.15, 0.2) is 4.80 Å². The number of thiazole rings is 1. The average molecular weight is 486 g/mol. The van der Waals surface area contributed by atoms with Crippen molar-refractivity contribution in [3.8, 4) is 5.75 Å². The van der Waals surface area contributed by atoms with Gasteiger partial charge in [0.05, 0.1) is 35.2 Å². The smallest absolute Gasteiger partial charge is 0.271 e. The standard InChI is InChI=1S/C26H23N5O3S/c1-16-22(24(32)29-19-7-5-4-6-8-19)23(18-9-11-20(34-3)12-10-18)31-25(33)21(35-26(31)28-16)13-17-14-27-30(2)15-17/h4-15,23H,1-3H3,(H,29,32)/t23-/m1/s1. The molecule has 0 spiro atoms. The maximum Gasteiger partial charge on any atom is 0.271 e. The third-order valence-electron chi connectivity index (χ3n) is 5.75. The van der Waals surface area contributed by atoms with Crippen molar-refractivity contribution in [3.05, 3.63) is 109 Å². The Morgan fingerprint density at radius 1 is 1.14 bits per heavy atom. The molecule has 4 aromatic rings. The number of rotatable bonds is 5. The summed E-state index contributed by atoms with van der Waals surface area (Å²) < 4.78 is 9.11. The van der Waals surface area contributed by atoms with Crippen molar-refractivity contribution in [2.24, 2.45) is 12.0 Å². The Kier molecular flexibility index (Phi) is 5.92. The molecule has 0 bridgehead atoms. The van der Waals surface area contributed by atoms with Crippen LogP contribution in [0, 0.1) is 0 Å². The summed E-state index contributed by atoms with van der Waals surface area (Å²) in [6, 6.07) is 16.0. The van der Waals surface area contributed by atoms with Crippen LogP contribution in [0.25, 0.3) is 6.08 Å². The van der Waals surface area contributed by atoms with E-state index in [9.17, 15) is 9.59 Å². The van der Waals surface area contributed by atoms with Gasteiger partial charge in [0.1, 0.15) is 5.75 Å². The SMILES string of the molecule is COc1ccc([C@@H]2C(C(=O)Nc3ccccc3)=C(C)N=c3sc(=Cc4cnn(C)c4)c(=O)n32)cc1. The lowest BCUT2D eigenvalue weighted by Crippen LogP contribution is -2.40. The largest absolute Gasteiger partial charge is 0.497 e. The van der Waals surface area contributed by atoms with Gasteiger partial charge < -0.3 is 10.1 Å². The van der Waals surface area contributed by atoms with E-state index in [1.54, 1.807) is 35.6 Å². The Balaban J connectivity index is 1.67. The van der Waals surface area contributed by atoms with E-state index in [1.807, 2.05) is 67.8 Å². The lowest BCUT2D eigenvalue weighted by Gasteiger charge is -2.25. The van der Waals surface area contributed by atoms with Gasteiger partial charge in [0.25, 0.3) is 11.5 Å². The van der Waals surface area contributed by atoms with Crippen LogP contribution in [0.1, 0.15) is 24.1 Å². The molecular weight excluding hydrogens is 462 g/mol. The number of carbonyl (C=O) groups is 1. The first kappa shape index (κ1) is 22.5. The lowest BCUT2D eigenvalue weighted by molar-refractivity contribution is -0.113. The van der Waals surface area contributed by atoms with Crippen molar-refractivity contribution < 1.29 is 9.53 Å². The molecule has 176 valence electrons. The zero-order valence-corrected chi connectivity index (χ0v) is 20.2. The van der Waals surface area contributed by atoms with Crippen molar-refractivity contribution in [2.45, 2.75) is 13.0 Å². The van der Waals surface area contributed by atoms with Crippen molar-refractivity contribution in [1.29, 1.82) is 0 Å². The summed E-state index contributed by atoms with van der Waals surface area (Å²) in [6.45, 7) is 1.80. The fraction of sp³-hybridized carbons (Fsp3) is 0.154. The second kappa shape index (κ2) is 9.19. The maximum atomic E-state index is 13.6. The Morgan fingerprint density at radius 2 is 1.89 bits per heavy atom. The van der Waals surface area contributed by atoms with Gasteiger partial charge in [-0.2, -0.15) is 5.10 Å². The number of fused-ring (bicyclic) bond motifs is 1. The quantitative estimate of drug-likeness (QED) is 0.471. The Labute approximate surface area is 205 Å². The predicted molar refractivity (Wildman–Crippen MR) is 135 cm³/mol. The molecule has 1 amide bonds. The van der Waals surface area contributed by atoms with Crippen LogP contribution in [0.2, 0.25) is 0 Å². The highest BCUT2D eigenvalue weighted by Crippen LogP contribution is 2.31. The number of anilines is 1. The number of hydrogen-bond donors (Lipinski definition) is 1. The van der Waals surface area contributed by atoms with Gasteiger partial charge >= 0.3 is 0 Å². The summed E-state index contributed by atoms with van der Waals surface area (Å²) in [6.07, 6.45) is 5.33. The minimum Gasteiger partial charge on any atom is -0.497 e. The van der Waals surface area contributed by atoms with Gasteiger partial charge in [-0.15, -0.1) is 0 Å². The summed E-state index contributed by atoms with van der Waals surface area (Å²) >= 11 is 1.29. The normalized spacial score (nSPS) is 15.5. The van der Waals surface area contributed by atoms with E-state index < -0.39 is 6.04 Å². The van der Waals surface area contributed by atoms with Gasteiger partial charge in [0.2, 0.25) is 0 Å². The van der Waals surface area contributed by atoms with E-state index in [1.165, 1.54) is 11.3 Å². The summed E-state index contributed by atoms with van der Waals surface area (Å²) in [4.78, 5) is 32.4. The minimum atomic E-state index is -0.642. The number of hydrogen-bond acceptors (Lipinski definition) is 6. The third kappa shape index (κ3) is 4.33. The number of allylic oxidation sites excluding steroid dienone is 1. The van der Waals surface area contributed by atoms with Crippen molar-refractivity contribution in [3.63, 3.8) is 0 Å². The molecule has 0 aliphatic carbocycles. The zero-order valence-electron chi connectivity index (χ0n) is 19.4. The van der Waals surface area contributed by atoms with E-state index in [4.69, 9.17) is 4.74 Å². The highest BCUT2D eigenvalue weighted by Gasteiger charge is 2.32. The molecular formula is C26H23N5O3S. The minimum absolute atomic E-state index is 0.212. The van der Waals surface area contributed by atoms with Gasteiger partial charge in [-0.3, -0.25) is 18.8 Å². The topological polar surface area (TPSA) is 90.5 Å². The zero-order chi connectivity index (χ0) is 24.5. The first-order valence-electron chi connectivity index (χ1n) is 11.0. The fourth-order valence-electron chi connectivity index (χ4n) is 4.10. The van der Waals surface area contributed by atoms with Crippen molar-refractivity contribution >= 4 is 29.0 Å². The molecule has 35 heavy (non-hydrogen) atoms. The van der Waals surface area contributed by atoms with E-state index in [0.717, 1.165) is 11.1 Å². The molecule has 9 heteroatoms. The lowest BCUT2D eigenvalue weighted by atomic mass is 9.95. The molecule has 5 rings (SSSR count). The Hall–Kier alpha value is -4.24. The highest BCUT2D eigenvalue weighted by atomic mass is 32.1. The first-order chi connectivity index (χ1) is 16.9. The number of nitrogens with one attached hydrogen (secondary N) is 1. The molecule has 2 aromatic carbocycles. The first-order valence-corrected chi connectivity index (χ1v) is 11.8. The molecule has 0 saturated heterocycles. The van der Waals surface area contributed by atoms with Crippen molar-refractivity contribution in [1.82, 2.24) is 14.3 Å². The van der Waals surface area contributed by atoms with Crippen LogP contribution >= 0.6 is 11.3 Å². The molecule has 1 N–H and O–H groups in total. The number of amides is 1. The number of ether oxygens (including phenoxy) is 1. The molecule has 8 nitrogen and oxygen atoms in total. The van der Waals surface area contributed by atoms with Crippen LogP contribution < -0.4 is 24.9 Å². The molecule has 3 heterocycles. The third-order valence-corrected chi connectivity index (χ3v) is 6.74. The number of methoxy groups -OCH3 is 1. The number of aromatic nitrogens is 3. The van der Waals surface area contributed by atoms with Crippen LogP contribution in [-0.4, -0.2) is 27.4 Å². The summed E-state index contributed by atoms with van der Waals surface area (Å²) in [5.74, 6) is 0.383. The molecule has 1 atom stereocenters. The van der Waals surface area contributed by atoms with E-state index in [0.29, 0.717) is 32.0 Å². The monoisotopic (exact) mass is 485 g/mol. The van der Waals surface area contributed by atoms with Gasteiger partial charge in [-0.05, 0) is 42.8 Å². The van der Waals surface area contributed by atoms with Gasteiger partial charge in [-0.1, -0.05) is 41.7 Å². The van der Waals surface area contributed by atoms with Crippen LogP contribution in [0.5, 0.6) is 5.75 Å². The second-order valence-electron chi connectivity index (χ2n) is 8.12. The molecule has 0 radical (unpaired) electrons. The molecule has 0 fully saturated rings. The number of benzene rings is 2. The number of aryl methyl sites for hydroxylation is 1. The van der Waals surface area contributed by atoms with E-state index in [2.05, 4.69) is 15.4 Å². The molecule has 1 aliphatic heterocycles. The van der Waals surface area contributed by atoms with Crippen LogP contribution in [0.4, 0.5) is 5.69 Å². The second-order valence-corrected chi connectivity index (χ2v) is 9.13. The van der Waals surface area contributed by atoms with E-state index >= 15 is 0 Å². The average Bonchev–Trinajstić information content (AvgIpc) is 3.41. The number of nitrogens with zero attached hydrogens (tertiary/aromatic N) is 4. The summed E-state index contributed by atoms with van der Waals surface area (Å²) in [7, 11) is 3.42. The van der Waals surface area contributed by atoms with Crippen LogP contribution in [0.15, 0.2) is 88.0 Å².